The maximum absolute atomic E-state index is 13.8. The standard InChI is InChI=1S/C14H15F2N3O2/c15-10-5-8(3-4-17)6-11(16)13(10)20-7-12-18-14(21-19-12)9-1-2-9/h5-6,9H,1-4,7,17H2. The van der Waals surface area contributed by atoms with Gasteiger partial charge in [0, 0.05) is 5.92 Å². The van der Waals surface area contributed by atoms with Gasteiger partial charge in [0.2, 0.25) is 11.7 Å². The number of rotatable bonds is 6. The highest BCUT2D eigenvalue weighted by molar-refractivity contribution is 5.31. The number of halogens is 2. The van der Waals surface area contributed by atoms with Gasteiger partial charge in [0.05, 0.1) is 0 Å². The molecule has 1 aromatic carbocycles. The molecule has 0 aliphatic heterocycles. The maximum Gasteiger partial charge on any atom is 0.229 e. The Morgan fingerprint density at radius 3 is 2.62 bits per heavy atom. The summed E-state index contributed by atoms with van der Waals surface area (Å²) in [6, 6.07) is 2.44. The summed E-state index contributed by atoms with van der Waals surface area (Å²) in [4.78, 5) is 4.13. The smallest absolute Gasteiger partial charge is 0.229 e. The molecule has 0 amide bonds. The zero-order chi connectivity index (χ0) is 14.8. The summed E-state index contributed by atoms with van der Waals surface area (Å²) in [5.41, 5.74) is 5.86. The van der Waals surface area contributed by atoms with Gasteiger partial charge in [0.1, 0.15) is 0 Å². The van der Waals surface area contributed by atoms with E-state index in [4.69, 9.17) is 15.0 Å². The number of nitrogens with two attached hydrogens (primary N) is 1. The van der Waals surface area contributed by atoms with Crippen LogP contribution in [0.5, 0.6) is 5.75 Å². The first kappa shape index (κ1) is 13.9. The van der Waals surface area contributed by atoms with Crippen LogP contribution in [0.25, 0.3) is 0 Å². The van der Waals surface area contributed by atoms with Crippen LogP contribution in [0.3, 0.4) is 0 Å². The number of ether oxygens (including phenoxy) is 1. The Kier molecular flexibility index (Phi) is 3.83. The predicted molar refractivity (Wildman–Crippen MR) is 69.7 cm³/mol. The molecular weight excluding hydrogens is 280 g/mol. The van der Waals surface area contributed by atoms with Crippen LogP contribution in [0.1, 0.15) is 36.0 Å². The molecule has 1 fully saturated rings. The van der Waals surface area contributed by atoms with Crippen LogP contribution in [0.2, 0.25) is 0 Å². The number of benzene rings is 1. The highest BCUT2D eigenvalue weighted by Gasteiger charge is 2.29. The fraction of sp³-hybridized carbons (Fsp3) is 0.429. The molecule has 112 valence electrons. The quantitative estimate of drug-likeness (QED) is 0.885. The molecule has 1 aliphatic rings. The van der Waals surface area contributed by atoms with Crippen molar-refractivity contribution >= 4 is 0 Å². The second-order valence-corrected chi connectivity index (χ2v) is 5.04. The fourth-order valence-electron chi connectivity index (χ4n) is 2.02. The number of nitrogens with zero attached hydrogens (tertiary/aromatic N) is 2. The average molecular weight is 295 g/mol. The zero-order valence-corrected chi connectivity index (χ0v) is 11.3. The van der Waals surface area contributed by atoms with Gasteiger partial charge in [0.25, 0.3) is 0 Å². The molecule has 2 aromatic rings. The molecule has 1 aliphatic carbocycles. The van der Waals surface area contributed by atoms with Crippen LogP contribution in [-0.4, -0.2) is 16.7 Å². The highest BCUT2D eigenvalue weighted by atomic mass is 19.1. The summed E-state index contributed by atoms with van der Waals surface area (Å²) in [5.74, 6) is -0.785. The SMILES string of the molecule is NCCc1cc(F)c(OCc2noc(C3CC3)n2)c(F)c1. The van der Waals surface area contributed by atoms with E-state index >= 15 is 0 Å². The van der Waals surface area contributed by atoms with Crippen molar-refractivity contribution in [1.29, 1.82) is 0 Å². The van der Waals surface area contributed by atoms with Crippen LogP contribution in [0, 0.1) is 11.6 Å². The molecular formula is C14H15F2N3O2. The van der Waals surface area contributed by atoms with E-state index in [1.807, 2.05) is 0 Å². The van der Waals surface area contributed by atoms with E-state index in [-0.39, 0.29) is 12.4 Å². The Labute approximate surface area is 120 Å². The Hall–Kier alpha value is -2.02. The Morgan fingerprint density at radius 1 is 1.29 bits per heavy atom. The second-order valence-electron chi connectivity index (χ2n) is 5.04. The lowest BCUT2D eigenvalue weighted by atomic mass is 10.1. The van der Waals surface area contributed by atoms with Gasteiger partial charge in [0.15, 0.2) is 24.0 Å². The molecule has 1 saturated carbocycles. The van der Waals surface area contributed by atoms with Gasteiger partial charge in [-0.3, -0.25) is 0 Å². The van der Waals surface area contributed by atoms with Gasteiger partial charge >= 0.3 is 0 Å². The fourth-order valence-corrected chi connectivity index (χ4v) is 2.02. The van der Waals surface area contributed by atoms with E-state index in [1.165, 1.54) is 12.1 Å². The van der Waals surface area contributed by atoms with Crippen molar-refractivity contribution < 1.29 is 18.0 Å². The molecule has 0 bridgehead atoms. The Morgan fingerprint density at radius 2 is 2.00 bits per heavy atom. The molecule has 3 rings (SSSR count). The third-order valence-corrected chi connectivity index (χ3v) is 3.25. The van der Waals surface area contributed by atoms with Gasteiger partial charge < -0.3 is 15.0 Å². The monoisotopic (exact) mass is 295 g/mol. The van der Waals surface area contributed by atoms with Crippen molar-refractivity contribution in [3.05, 3.63) is 41.0 Å². The molecule has 21 heavy (non-hydrogen) atoms. The van der Waals surface area contributed by atoms with Gasteiger partial charge in [-0.2, -0.15) is 4.98 Å². The van der Waals surface area contributed by atoms with Crippen LogP contribution in [-0.2, 0) is 13.0 Å². The van der Waals surface area contributed by atoms with E-state index in [2.05, 4.69) is 10.1 Å². The molecule has 5 nitrogen and oxygen atoms in total. The summed E-state index contributed by atoms with van der Waals surface area (Å²) in [6.45, 7) is 0.187. The Bertz CT molecular complexity index is 618. The summed E-state index contributed by atoms with van der Waals surface area (Å²) in [7, 11) is 0. The number of hydrogen-bond donors (Lipinski definition) is 1. The van der Waals surface area contributed by atoms with Crippen molar-refractivity contribution in [3.63, 3.8) is 0 Å². The van der Waals surface area contributed by atoms with Gasteiger partial charge in [-0.05, 0) is 43.5 Å². The largest absolute Gasteiger partial charge is 0.479 e. The van der Waals surface area contributed by atoms with E-state index in [9.17, 15) is 8.78 Å². The molecule has 0 saturated heterocycles. The van der Waals surface area contributed by atoms with Crippen molar-refractivity contribution in [2.45, 2.75) is 31.8 Å². The van der Waals surface area contributed by atoms with E-state index < -0.39 is 17.4 Å². The van der Waals surface area contributed by atoms with Gasteiger partial charge in [-0.25, -0.2) is 8.78 Å². The third kappa shape index (κ3) is 3.18. The first-order valence-corrected chi connectivity index (χ1v) is 6.80. The predicted octanol–water partition coefficient (Wildman–Crippen LogP) is 2.31. The highest BCUT2D eigenvalue weighted by Crippen LogP contribution is 2.38. The second kappa shape index (κ2) is 5.77. The molecule has 0 atom stereocenters. The van der Waals surface area contributed by atoms with Gasteiger partial charge in [-0.1, -0.05) is 5.16 Å². The average Bonchev–Trinajstić information content (AvgIpc) is 3.18. The molecule has 0 spiro atoms. The van der Waals surface area contributed by atoms with Gasteiger partial charge in [-0.15, -0.1) is 0 Å². The molecule has 7 heteroatoms. The van der Waals surface area contributed by atoms with E-state index in [0.717, 1.165) is 12.8 Å². The van der Waals surface area contributed by atoms with E-state index in [1.54, 1.807) is 0 Å². The summed E-state index contributed by atoms with van der Waals surface area (Å²) >= 11 is 0. The topological polar surface area (TPSA) is 74.2 Å². The lowest BCUT2D eigenvalue weighted by Crippen LogP contribution is -2.06. The molecule has 1 aromatic heterocycles. The van der Waals surface area contributed by atoms with Crippen LogP contribution in [0.15, 0.2) is 16.7 Å². The minimum atomic E-state index is -0.760. The van der Waals surface area contributed by atoms with Crippen LogP contribution < -0.4 is 10.5 Å². The summed E-state index contributed by atoms with van der Waals surface area (Å²) in [5, 5.41) is 3.73. The summed E-state index contributed by atoms with van der Waals surface area (Å²) in [6.07, 6.45) is 2.48. The van der Waals surface area contributed by atoms with Crippen molar-refractivity contribution in [3.8, 4) is 5.75 Å². The zero-order valence-electron chi connectivity index (χ0n) is 11.3. The third-order valence-electron chi connectivity index (χ3n) is 3.25. The van der Waals surface area contributed by atoms with Crippen LogP contribution >= 0.6 is 0 Å². The maximum atomic E-state index is 13.8. The molecule has 0 unspecified atom stereocenters. The molecule has 1 heterocycles. The van der Waals surface area contributed by atoms with Crippen molar-refractivity contribution in [2.24, 2.45) is 5.73 Å². The lowest BCUT2D eigenvalue weighted by Gasteiger charge is -2.08. The van der Waals surface area contributed by atoms with Crippen molar-refractivity contribution in [1.82, 2.24) is 10.1 Å². The number of hydrogen-bond acceptors (Lipinski definition) is 5. The van der Waals surface area contributed by atoms with Crippen molar-refractivity contribution in [2.75, 3.05) is 6.54 Å². The van der Waals surface area contributed by atoms with Crippen LogP contribution in [0.4, 0.5) is 8.78 Å². The first-order valence-electron chi connectivity index (χ1n) is 6.80. The lowest BCUT2D eigenvalue weighted by molar-refractivity contribution is 0.259. The Balaban J connectivity index is 1.68. The minimum absolute atomic E-state index is 0.139. The van der Waals surface area contributed by atoms with E-state index in [0.29, 0.717) is 30.3 Å². The summed E-state index contributed by atoms with van der Waals surface area (Å²) < 4.78 is 37.8. The molecule has 2 N–H and O–H groups in total. The first-order chi connectivity index (χ1) is 10.2. The molecule has 0 radical (unpaired) electrons. The number of aromatic nitrogens is 2. The minimum Gasteiger partial charge on any atom is -0.479 e. The normalized spacial score (nSPS) is 14.4.